The molecule has 1 aliphatic carbocycles. The first-order chi connectivity index (χ1) is 15.0. The molecule has 0 aliphatic heterocycles. The van der Waals surface area contributed by atoms with Crippen LogP contribution in [0.2, 0.25) is 0 Å². The summed E-state index contributed by atoms with van der Waals surface area (Å²) in [4.78, 5) is 43.2. The van der Waals surface area contributed by atoms with Crippen LogP contribution in [0.1, 0.15) is 52.9 Å². The maximum atomic E-state index is 13.0. The number of nitrogens with zero attached hydrogens (tertiary/aromatic N) is 2. The van der Waals surface area contributed by atoms with Crippen molar-refractivity contribution in [3.8, 4) is 0 Å². The minimum absolute atomic E-state index is 0.0520. The van der Waals surface area contributed by atoms with E-state index < -0.39 is 0 Å². The highest BCUT2D eigenvalue weighted by molar-refractivity contribution is 7.20. The molecule has 0 unspecified atom stereocenters. The van der Waals surface area contributed by atoms with Crippen LogP contribution in [-0.4, -0.2) is 27.5 Å². The summed E-state index contributed by atoms with van der Waals surface area (Å²) in [5.41, 5.74) is 1.22. The van der Waals surface area contributed by atoms with Crippen molar-refractivity contribution in [1.29, 1.82) is 0 Å². The Bertz CT molecular complexity index is 1150. The summed E-state index contributed by atoms with van der Waals surface area (Å²) in [6.07, 6.45) is 6.41. The molecule has 1 amide bonds. The number of hydrogen-bond donors (Lipinski definition) is 1. The van der Waals surface area contributed by atoms with E-state index >= 15 is 0 Å². The molecule has 2 aromatic heterocycles. The number of fused-ring (bicyclic) bond motifs is 1. The number of ether oxygens (including phenoxy) is 1. The Morgan fingerprint density at radius 1 is 1.19 bits per heavy atom. The van der Waals surface area contributed by atoms with Crippen molar-refractivity contribution < 1.29 is 14.3 Å². The molecule has 1 saturated carbocycles. The van der Waals surface area contributed by atoms with E-state index in [0.717, 1.165) is 31.2 Å². The minimum atomic E-state index is -0.390. The van der Waals surface area contributed by atoms with Gasteiger partial charge in [-0.1, -0.05) is 36.8 Å². The molecule has 1 fully saturated rings. The molecule has 0 radical (unpaired) electrons. The van der Waals surface area contributed by atoms with Gasteiger partial charge in [0.2, 0.25) is 5.91 Å². The monoisotopic (exact) mass is 439 g/mol. The molecular weight excluding hydrogens is 414 g/mol. The van der Waals surface area contributed by atoms with Gasteiger partial charge in [0.25, 0.3) is 5.56 Å². The Hall–Kier alpha value is -3.00. The SMILES string of the molecule is Cc1c(C(=O)OC2CCCCC2)sc2ncn(CC(=O)NCc3ccccc3)c(=O)c12. The second-order valence-electron chi connectivity index (χ2n) is 7.84. The zero-order valence-electron chi connectivity index (χ0n) is 17.4. The van der Waals surface area contributed by atoms with Crippen molar-refractivity contribution in [2.24, 2.45) is 0 Å². The van der Waals surface area contributed by atoms with Crippen LogP contribution in [-0.2, 0) is 22.6 Å². The fourth-order valence-electron chi connectivity index (χ4n) is 3.86. The number of benzene rings is 1. The van der Waals surface area contributed by atoms with Gasteiger partial charge >= 0.3 is 5.97 Å². The van der Waals surface area contributed by atoms with Crippen molar-refractivity contribution in [3.05, 3.63) is 63.0 Å². The summed E-state index contributed by atoms with van der Waals surface area (Å²) < 4.78 is 6.94. The topological polar surface area (TPSA) is 90.3 Å². The van der Waals surface area contributed by atoms with Crippen LogP contribution < -0.4 is 10.9 Å². The summed E-state index contributed by atoms with van der Waals surface area (Å²) in [7, 11) is 0. The molecule has 0 saturated heterocycles. The van der Waals surface area contributed by atoms with E-state index in [0.29, 0.717) is 27.2 Å². The van der Waals surface area contributed by atoms with E-state index in [4.69, 9.17) is 4.74 Å². The largest absolute Gasteiger partial charge is 0.458 e. The molecular formula is C23H25N3O4S. The van der Waals surface area contributed by atoms with Crippen LogP contribution in [0.25, 0.3) is 10.2 Å². The number of carbonyl (C=O) groups is 2. The van der Waals surface area contributed by atoms with E-state index in [-0.39, 0.29) is 30.1 Å². The van der Waals surface area contributed by atoms with Crippen molar-refractivity contribution >= 4 is 33.4 Å². The van der Waals surface area contributed by atoms with Crippen LogP contribution >= 0.6 is 11.3 Å². The molecule has 0 spiro atoms. The van der Waals surface area contributed by atoms with E-state index in [1.165, 1.54) is 28.7 Å². The minimum Gasteiger partial charge on any atom is -0.458 e. The third-order valence-electron chi connectivity index (χ3n) is 5.58. The molecule has 1 N–H and O–H groups in total. The maximum Gasteiger partial charge on any atom is 0.348 e. The lowest BCUT2D eigenvalue weighted by molar-refractivity contribution is -0.121. The van der Waals surface area contributed by atoms with Gasteiger partial charge in [-0.05, 0) is 43.7 Å². The first-order valence-electron chi connectivity index (χ1n) is 10.5. The lowest BCUT2D eigenvalue weighted by Crippen LogP contribution is -2.32. The Morgan fingerprint density at radius 3 is 2.68 bits per heavy atom. The third kappa shape index (κ3) is 4.85. The van der Waals surface area contributed by atoms with Crippen LogP contribution in [0.3, 0.4) is 0 Å². The van der Waals surface area contributed by atoms with Gasteiger partial charge in [-0.3, -0.25) is 14.2 Å². The van der Waals surface area contributed by atoms with Crippen LogP contribution in [0.5, 0.6) is 0 Å². The molecule has 2 heterocycles. The zero-order chi connectivity index (χ0) is 21.8. The number of hydrogen-bond acceptors (Lipinski definition) is 6. The van der Waals surface area contributed by atoms with E-state index in [2.05, 4.69) is 10.3 Å². The normalized spacial score (nSPS) is 14.5. The highest BCUT2D eigenvalue weighted by Crippen LogP contribution is 2.29. The Balaban J connectivity index is 1.49. The quantitative estimate of drug-likeness (QED) is 0.593. The second-order valence-corrected chi connectivity index (χ2v) is 8.84. The van der Waals surface area contributed by atoms with Gasteiger partial charge in [0.1, 0.15) is 22.4 Å². The van der Waals surface area contributed by atoms with Crippen molar-refractivity contribution in [2.45, 2.75) is 58.2 Å². The Morgan fingerprint density at radius 2 is 1.94 bits per heavy atom. The summed E-state index contributed by atoms with van der Waals surface area (Å²) in [5.74, 6) is -0.670. The van der Waals surface area contributed by atoms with Crippen LogP contribution in [0, 0.1) is 6.92 Å². The maximum absolute atomic E-state index is 13.0. The van der Waals surface area contributed by atoms with Gasteiger partial charge in [-0.15, -0.1) is 11.3 Å². The zero-order valence-corrected chi connectivity index (χ0v) is 18.2. The van der Waals surface area contributed by atoms with Gasteiger partial charge in [-0.25, -0.2) is 9.78 Å². The standard InChI is InChI=1S/C23H25N3O4S/c1-15-19-21(31-20(15)23(29)30-17-10-6-3-7-11-17)25-14-26(22(19)28)13-18(27)24-12-16-8-4-2-5-9-16/h2,4-5,8-9,14,17H,3,6-7,10-13H2,1H3,(H,24,27). The van der Waals surface area contributed by atoms with Crippen molar-refractivity contribution in [1.82, 2.24) is 14.9 Å². The van der Waals surface area contributed by atoms with Crippen molar-refractivity contribution in [3.63, 3.8) is 0 Å². The number of rotatable bonds is 6. The van der Waals surface area contributed by atoms with Gasteiger partial charge in [0, 0.05) is 6.54 Å². The fraction of sp³-hybridized carbons (Fsp3) is 0.391. The molecule has 7 nitrogen and oxygen atoms in total. The molecule has 1 aromatic carbocycles. The lowest BCUT2D eigenvalue weighted by Gasteiger charge is -2.21. The number of esters is 1. The van der Waals surface area contributed by atoms with Crippen LogP contribution in [0.15, 0.2) is 41.5 Å². The smallest absolute Gasteiger partial charge is 0.348 e. The average Bonchev–Trinajstić information content (AvgIpc) is 3.13. The summed E-state index contributed by atoms with van der Waals surface area (Å²) >= 11 is 1.17. The van der Waals surface area contributed by atoms with E-state index in [9.17, 15) is 14.4 Å². The predicted molar refractivity (Wildman–Crippen MR) is 119 cm³/mol. The number of thiophene rings is 1. The molecule has 3 aromatic rings. The Kier molecular flexibility index (Phi) is 6.46. The molecule has 0 atom stereocenters. The number of carbonyl (C=O) groups excluding carboxylic acids is 2. The van der Waals surface area contributed by atoms with E-state index in [1.807, 2.05) is 30.3 Å². The molecule has 0 bridgehead atoms. The number of nitrogens with one attached hydrogen (secondary N) is 1. The lowest BCUT2D eigenvalue weighted by atomic mass is 9.98. The van der Waals surface area contributed by atoms with Gasteiger partial charge in [0.05, 0.1) is 11.7 Å². The summed E-state index contributed by atoms with van der Waals surface area (Å²) in [5, 5.41) is 3.18. The first-order valence-corrected chi connectivity index (χ1v) is 11.3. The summed E-state index contributed by atoms with van der Waals surface area (Å²) in [6.45, 7) is 1.99. The van der Waals surface area contributed by atoms with Gasteiger partial charge in [0.15, 0.2) is 0 Å². The summed E-state index contributed by atoms with van der Waals surface area (Å²) in [6, 6.07) is 9.56. The number of amides is 1. The molecule has 1 aliphatic rings. The average molecular weight is 440 g/mol. The van der Waals surface area contributed by atoms with E-state index in [1.54, 1.807) is 6.92 Å². The highest BCUT2D eigenvalue weighted by atomic mass is 32.1. The van der Waals surface area contributed by atoms with Gasteiger partial charge in [-0.2, -0.15) is 0 Å². The Labute approximate surface area is 184 Å². The third-order valence-corrected chi connectivity index (χ3v) is 6.75. The molecule has 8 heteroatoms. The van der Waals surface area contributed by atoms with Gasteiger partial charge < -0.3 is 10.1 Å². The second kappa shape index (κ2) is 9.43. The van der Waals surface area contributed by atoms with Crippen molar-refractivity contribution in [2.75, 3.05) is 0 Å². The number of aromatic nitrogens is 2. The number of aryl methyl sites for hydroxylation is 1. The highest BCUT2D eigenvalue weighted by Gasteiger charge is 2.24. The molecule has 31 heavy (non-hydrogen) atoms. The predicted octanol–water partition coefficient (Wildman–Crippen LogP) is 3.57. The first kappa shape index (κ1) is 21.2. The molecule has 4 rings (SSSR count). The molecule has 162 valence electrons. The van der Waals surface area contributed by atoms with Crippen LogP contribution in [0.4, 0.5) is 0 Å². The fourth-order valence-corrected chi connectivity index (χ4v) is 4.88.